The van der Waals surface area contributed by atoms with E-state index in [2.05, 4.69) is 0 Å². The molecule has 0 saturated carbocycles. The van der Waals surface area contributed by atoms with Crippen molar-refractivity contribution < 1.29 is 45.8 Å². The monoisotopic (exact) mass is 618 g/mol. The molecule has 5 rings (SSSR count). The zero-order chi connectivity index (χ0) is 31.1. The summed E-state index contributed by atoms with van der Waals surface area (Å²) in [6.45, 7) is 2.26. The minimum atomic E-state index is -5.19. The Labute approximate surface area is 246 Å². The highest BCUT2D eigenvalue weighted by atomic mass is 32.2. The van der Waals surface area contributed by atoms with Gasteiger partial charge in [0.15, 0.2) is 9.84 Å². The van der Waals surface area contributed by atoms with Crippen LogP contribution in [0.2, 0.25) is 0 Å². The van der Waals surface area contributed by atoms with E-state index in [-0.39, 0.29) is 36.0 Å². The van der Waals surface area contributed by atoms with E-state index in [0.29, 0.717) is 46.1 Å². The first-order chi connectivity index (χ1) is 20.3. The lowest BCUT2D eigenvalue weighted by Gasteiger charge is -2.30. The molecule has 9 nitrogen and oxygen atoms in total. The number of fused-ring (bicyclic) bond motifs is 2. The third-order valence-corrected chi connectivity index (χ3v) is 8.56. The van der Waals surface area contributed by atoms with Crippen molar-refractivity contribution in [2.75, 3.05) is 35.8 Å². The molecule has 2 aliphatic rings. The lowest BCUT2D eigenvalue weighted by atomic mass is 9.97. The second kappa shape index (κ2) is 11.4. The molecule has 1 amide bonds. The van der Waals surface area contributed by atoms with Crippen LogP contribution < -0.4 is 19.3 Å². The standard InChI is InChI=1S/C30H29F3N2O7S/c1-3-13-34(19-7-10-21(11-8-19)43(2,39)40)24-6-4-5-23-25(17-42-28(23)24)35(29(38)30(31,32)33)20-9-12-22-18(14-27(36)37)16-41-26(22)15-20/h4-12,15,18,25H,3,13-14,16-17H2,1-2H3,(H,36,37)/t18-,25-/m1/s1. The van der Waals surface area contributed by atoms with Crippen molar-refractivity contribution in [1.29, 1.82) is 0 Å². The molecule has 3 aromatic rings. The van der Waals surface area contributed by atoms with Crippen molar-refractivity contribution in [3.63, 3.8) is 0 Å². The predicted octanol–water partition coefficient (Wildman–Crippen LogP) is 5.62. The molecular weight excluding hydrogens is 589 g/mol. The molecule has 228 valence electrons. The zero-order valence-corrected chi connectivity index (χ0v) is 24.1. The second-order valence-corrected chi connectivity index (χ2v) is 12.5. The maximum atomic E-state index is 14.0. The van der Waals surface area contributed by atoms with Gasteiger partial charge < -0.3 is 19.5 Å². The topological polar surface area (TPSA) is 113 Å². The number of halogens is 3. The molecule has 0 unspecified atom stereocenters. The maximum absolute atomic E-state index is 14.0. The number of benzene rings is 3. The Morgan fingerprint density at radius 1 is 0.977 bits per heavy atom. The van der Waals surface area contributed by atoms with Crippen molar-refractivity contribution in [1.82, 2.24) is 0 Å². The van der Waals surface area contributed by atoms with Gasteiger partial charge in [-0.2, -0.15) is 13.2 Å². The summed E-state index contributed by atoms with van der Waals surface area (Å²) in [4.78, 5) is 26.8. The number of hydrogen-bond donors (Lipinski definition) is 1. The molecular formula is C30H29F3N2O7S. The van der Waals surface area contributed by atoms with Crippen LogP contribution in [0.1, 0.15) is 42.9 Å². The van der Waals surface area contributed by atoms with Crippen LogP contribution in [0.4, 0.5) is 30.2 Å². The first kappa shape index (κ1) is 30.2. The molecule has 0 radical (unpaired) electrons. The molecule has 2 aliphatic heterocycles. The summed E-state index contributed by atoms with van der Waals surface area (Å²) in [7, 11) is -3.42. The van der Waals surface area contributed by atoms with Gasteiger partial charge in [0, 0.05) is 47.3 Å². The molecule has 0 fully saturated rings. The van der Waals surface area contributed by atoms with Crippen molar-refractivity contribution >= 4 is 38.8 Å². The molecule has 43 heavy (non-hydrogen) atoms. The van der Waals surface area contributed by atoms with Crippen molar-refractivity contribution in [2.45, 2.75) is 42.8 Å². The van der Waals surface area contributed by atoms with Crippen LogP contribution in [-0.4, -0.2) is 57.6 Å². The van der Waals surface area contributed by atoms with E-state index in [4.69, 9.17) is 9.47 Å². The fourth-order valence-corrected chi connectivity index (χ4v) is 6.13. The van der Waals surface area contributed by atoms with Crippen LogP contribution in [0.25, 0.3) is 0 Å². The number of ether oxygens (including phenoxy) is 2. The van der Waals surface area contributed by atoms with Gasteiger partial charge in [0.25, 0.3) is 0 Å². The smallest absolute Gasteiger partial charge is 0.471 e. The number of carboxylic acids is 1. The van der Waals surface area contributed by atoms with Crippen LogP contribution in [0.3, 0.4) is 0 Å². The number of para-hydroxylation sites is 1. The molecule has 2 atom stereocenters. The fourth-order valence-electron chi connectivity index (χ4n) is 5.50. The van der Waals surface area contributed by atoms with Gasteiger partial charge in [0.1, 0.15) is 18.1 Å². The quantitative estimate of drug-likeness (QED) is 0.329. The molecule has 1 N–H and O–H groups in total. The lowest BCUT2D eigenvalue weighted by molar-refractivity contribution is -0.171. The predicted molar refractivity (Wildman–Crippen MR) is 152 cm³/mol. The van der Waals surface area contributed by atoms with E-state index in [1.54, 1.807) is 30.3 Å². The number of carbonyl (C=O) groups excluding carboxylic acids is 1. The molecule has 0 bridgehead atoms. The highest BCUT2D eigenvalue weighted by molar-refractivity contribution is 7.90. The Morgan fingerprint density at radius 3 is 2.30 bits per heavy atom. The Morgan fingerprint density at radius 2 is 1.67 bits per heavy atom. The highest BCUT2D eigenvalue weighted by Crippen LogP contribution is 2.48. The van der Waals surface area contributed by atoms with E-state index in [1.165, 1.54) is 30.3 Å². The number of amides is 1. The minimum Gasteiger partial charge on any atom is -0.493 e. The third kappa shape index (κ3) is 5.99. The number of aliphatic carboxylic acids is 1. The van der Waals surface area contributed by atoms with Crippen LogP contribution in [-0.2, 0) is 19.4 Å². The van der Waals surface area contributed by atoms with E-state index in [0.717, 1.165) is 6.26 Å². The van der Waals surface area contributed by atoms with E-state index in [1.807, 2.05) is 11.8 Å². The van der Waals surface area contributed by atoms with Gasteiger partial charge in [-0.1, -0.05) is 25.1 Å². The molecule has 2 heterocycles. The minimum absolute atomic E-state index is 0.0642. The number of nitrogens with zero attached hydrogens (tertiary/aromatic N) is 2. The number of sulfone groups is 1. The molecule has 0 aromatic heterocycles. The number of carboxylic acid groups (broad SMARTS) is 1. The Hall–Kier alpha value is -4.26. The summed E-state index contributed by atoms with van der Waals surface area (Å²) >= 11 is 0. The van der Waals surface area contributed by atoms with Crippen LogP contribution >= 0.6 is 0 Å². The molecule has 13 heteroatoms. The van der Waals surface area contributed by atoms with Crippen LogP contribution in [0, 0.1) is 0 Å². The van der Waals surface area contributed by atoms with E-state index in [9.17, 15) is 36.3 Å². The first-order valence-electron chi connectivity index (χ1n) is 13.5. The summed E-state index contributed by atoms with van der Waals surface area (Å²) in [5, 5.41) is 9.18. The maximum Gasteiger partial charge on any atom is 0.471 e. The highest BCUT2D eigenvalue weighted by Gasteiger charge is 2.48. The molecule has 3 aromatic carbocycles. The summed E-state index contributed by atoms with van der Waals surface area (Å²) in [6.07, 6.45) is -3.59. The average Bonchev–Trinajstić information content (AvgIpc) is 3.55. The van der Waals surface area contributed by atoms with Crippen molar-refractivity contribution in [3.8, 4) is 11.5 Å². The molecule has 0 aliphatic carbocycles. The summed E-state index contributed by atoms with van der Waals surface area (Å²) < 4.78 is 77.4. The number of hydrogen-bond acceptors (Lipinski definition) is 7. The van der Waals surface area contributed by atoms with Gasteiger partial charge in [-0.25, -0.2) is 8.42 Å². The third-order valence-electron chi connectivity index (χ3n) is 7.43. The second-order valence-electron chi connectivity index (χ2n) is 10.4. The Kier molecular flexibility index (Phi) is 8.03. The van der Waals surface area contributed by atoms with Crippen LogP contribution in [0.5, 0.6) is 11.5 Å². The number of rotatable bonds is 9. The van der Waals surface area contributed by atoms with Crippen molar-refractivity contribution in [3.05, 3.63) is 71.8 Å². The molecule has 0 saturated heterocycles. The van der Waals surface area contributed by atoms with Gasteiger partial charge in [0.2, 0.25) is 0 Å². The Bertz CT molecular complexity index is 1660. The number of anilines is 3. The van der Waals surface area contributed by atoms with Gasteiger partial charge in [-0.15, -0.1) is 0 Å². The first-order valence-corrected chi connectivity index (χ1v) is 15.4. The largest absolute Gasteiger partial charge is 0.493 e. The summed E-state index contributed by atoms with van der Waals surface area (Å²) in [6, 6.07) is 14.4. The zero-order valence-electron chi connectivity index (χ0n) is 23.3. The summed E-state index contributed by atoms with van der Waals surface area (Å²) in [5.41, 5.74) is 2.07. The average molecular weight is 619 g/mol. The Balaban J connectivity index is 1.55. The molecule has 0 spiro atoms. The normalized spacial score (nSPS) is 17.4. The van der Waals surface area contributed by atoms with Gasteiger partial charge in [0.05, 0.1) is 29.7 Å². The van der Waals surface area contributed by atoms with Gasteiger partial charge in [-0.05, 0) is 42.8 Å². The van der Waals surface area contributed by atoms with Crippen molar-refractivity contribution in [2.24, 2.45) is 0 Å². The number of carbonyl (C=O) groups is 2. The SMILES string of the molecule is CCCN(c1ccc(S(C)(=O)=O)cc1)c1cccc2c1OC[C@H]2N(C(=O)C(F)(F)F)c1ccc2c(c1)OC[C@H]2CC(=O)O. The summed E-state index contributed by atoms with van der Waals surface area (Å²) in [5.74, 6) is -3.03. The fraction of sp³-hybridized carbons (Fsp3) is 0.333. The van der Waals surface area contributed by atoms with Gasteiger partial charge >= 0.3 is 18.1 Å². The van der Waals surface area contributed by atoms with E-state index < -0.39 is 39.8 Å². The lowest BCUT2D eigenvalue weighted by Crippen LogP contribution is -2.44. The number of alkyl halides is 3. The van der Waals surface area contributed by atoms with E-state index >= 15 is 0 Å². The van der Waals surface area contributed by atoms with Crippen LogP contribution in [0.15, 0.2) is 65.6 Å². The van der Waals surface area contributed by atoms with Gasteiger partial charge in [-0.3, -0.25) is 14.5 Å².